The minimum Gasteiger partial charge on any atom is -0.466 e. The van der Waals surface area contributed by atoms with Gasteiger partial charge < -0.3 is 9.16 Å². The lowest BCUT2D eigenvalue weighted by molar-refractivity contribution is -0.150. The summed E-state index contributed by atoms with van der Waals surface area (Å²) in [5.41, 5.74) is 0. The first kappa shape index (κ1) is 6.76. The molecular formula is C5H7O3Si. The Labute approximate surface area is 56.9 Å². The molecule has 1 saturated heterocycles. The Balaban J connectivity index is 2.32. The highest BCUT2D eigenvalue weighted by Crippen LogP contribution is 2.09. The van der Waals surface area contributed by atoms with Crippen LogP contribution in [0, 0.1) is 0 Å². The summed E-state index contributed by atoms with van der Waals surface area (Å²) in [6.45, 7) is 0.480. The maximum atomic E-state index is 10.5. The summed E-state index contributed by atoms with van der Waals surface area (Å²) < 4.78 is 9.44. The second-order valence-corrected chi connectivity index (χ2v) is 2.19. The Bertz CT molecular complexity index is 115. The summed E-state index contributed by atoms with van der Waals surface area (Å²) >= 11 is 0. The maximum Gasteiger partial charge on any atom is 0.308 e. The molecule has 1 aliphatic rings. The van der Waals surface area contributed by atoms with Gasteiger partial charge in [-0.3, -0.25) is 4.79 Å². The Morgan fingerprint density at radius 2 is 2.56 bits per heavy atom. The minimum atomic E-state index is -0.176. The number of ether oxygens (including phenoxy) is 1. The molecule has 1 aliphatic heterocycles. The second-order valence-electron chi connectivity index (χ2n) is 1.95. The van der Waals surface area contributed by atoms with Crippen molar-refractivity contribution in [1.82, 2.24) is 0 Å². The summed E-state index contributed by atoms with van der Waals surface area (Å²) in [7, 11) is 2.88. The molecule has 1 fully saturated rings. The SMILES string of the molecule is O=C1C[C@@H](O[Si])CCO1. The molecule has 3 nitrogen and oxygen atoms in total. The molecule has 0 spiro atoms. The highest BCUT2D eigenvalue weighted by Gasteiger charge is 2.18. The average Bonchev–Trinajstić information content (AvgIpc) is 1.88. The molecule has 0 aliphatic carbocycles. The molecule has 0 aromatic heterocycles. The van der Waals surface area contributed by atoms with E-state index < -0.39 is 0 Å². The largest absolute Gasteiger partial charge is 0.466 e. The highest BCUT2D eigenvalue weighted by molar-refractivity contribution is 5.98. The predicted molar refractivity (Wildman–Crippen MR) is 30.8 cm³/mol. The van der Waals surface area contributed by atoms with E-state index in [0.29, 0.717) is 13.0 Å². The highest BCUT2D eigenvalue weighted by atomic mass is 28.2. The number of esters is 1. The van der Waals surface area contributed by atoms with Crippen LogP contribution in [0.3, 0.4) is 0 Å². The lowest BCUT2D eigenvalue weighted by Crippen LogP contribution is -2.26. The summed E-state index contributed by atoms with van der Waals surface area (Å²) in [4.78, 5) is 10.5. The van der Waals surface area contributed by atoms with Crippen molar-refractivity contribution < 1.29 is 14.0 Å². The second kappa shape index (κ2) is 2.98. The lowest BCUT2D eigenvalue weighted by Gasteiger charge is -2.19. The molecular weight excluding hydrogens is 136 g/mol. The van der Waals surface area contributed by atoms with Gasteiger partial charge in [0.15, 0.2) is 0 Å². The average molecular weight is 143 g/mol. The van der Waals surface area contributed by atoms with Crippen LogP contribution in [0.5, 0.6) is 0 Å². The van der Waals surface area contributed by atoms with Crippen LogP contribution in [0.25, 0.3) is 0 Å². The summed E-state index contributed by atoms with van der Waals surface area (Å²) in [6.07, 6.45) is 1.15. The Kier molecular flexibility index (Phi) is 2.24. The van der Waals surface area contributed by atoms with Gasteiger partial charge in [-0.05, 0) is 0 Å². The molecule has 9 heavy (non-hydrogen) atoms. The third kappa shape index (κ3) is 1.80. The van der Waals surface area contributed by atoms with E-state index >= 15 is 0 Å². The number of cyclic esters (lactones) is 1. The maximum absolute atomic E-state index is 10.5. The van der Waals surface area contributed by atoms with E-state index in [1.165, 1.54) is 0 Å². The fourth-order valence-corrected chi connectivity index (χ4v) is 0.953. The van der Waals surface area contributed by atoms with Crippen molar-refractivity contribution in [2.75, 3.05) is 6.61 Å². The summed E-state index contributed by atoms with van der Waals surface area (Å²) in [6, 6.07) is 0. The molecule has 1 atom stereocenters. The van der Waals surface area contributed by atoms with Crippen LogP contribution in [0.15, 0.2) is 0 Å². The van der Waals surface area contributed by atoms with E-state index in [2.05, 4.69) is 15.2 Å². The molecule has 0 bridgehead atoms. The molecule has 3 radical (unpaired) electrons. The van der Waals surface area contributed by atoms with Gasteiger partial charge in [-0.2, -0.15) is 0 Å². The van der Waals surface area contributed by atoms with Crippen LogP contribution < -0.4 is 0 Å². The summed E-state index contributed by atoms with van der Waals surface area (Å²) in [5.74, 6) is -0.176. The van der Waals surface area contributed by atoms with Crippen molar-refractivity contribution in [1.29, 1.82) is 0 Å². The van der Waals surface area contributed by atoms with E-state index in [0.717, 1.165) is 6.42 Å². The number of hydrogen-bond donors (Lipinski definition) is 0. The molecule has 1 heterocycles. The molecule has 0 unspecified atom stereocenters. The Morgan fingerprint density at radius 3 is 3.00 bits per heavy atom. The Hall–Kier alpha value is -0.353. The Morgan fingerprint density at radius 1 is 1.78 bits per heavy atom. The van der Waals surface area contributed by atoms with Gasteiger partial charge in [0.05, 0.1) is 19.1 Å². The molecule has 0 aromatic carbocycles. The van der Waals surface area contributed by atoms with Crippen LogP contribution in [0.2, 0.25) is 0 Å². The monoisotopic (exact) mass is 143 g/mol. The number of carbonyl (C=O) groups excluding carboxylic acids is 1. The number of hydrogen-bond acceptors (Lipinski definition) is 3. The van der Waals surface area contributed by atoms with Crippen LogP contribution >= 0.6 is 0 Å². The fraction of sp³-hybridized carbons (Fsp3) is 0.800. The summed E-state index contributed by atoms with van der Waals surface area (Å²) in [5, 5.41) is 0. The van der Waals surface area contributed by atoms with Gasteiger partial charge in [0.25, 0.3) is 0 Å². The quantitative estimate of drug-likeness (QED) is 0.376. The normalized spacial score (nSPS) is 27.7. The smallest absolute Gasteiger partial charge is 0.308 e. The molecule has 49 valence electrons. The number of carbonyl (C=O) groups is 1. The third-order valence-electron chi connectivity index (χ3n) is 1.26. The number of rotatable bonds is 1. The zero-order chi connectivity index (χ0) is 6.69. The van der Waals surface area contributed by atoms with E-state index in [9.17, 15) is 4.79 Å². The van der Waals surface area contributed by atoms with Crippen molar-refractivity contribution in [2.24, 2.45) is 0 Å². The van der Waals surface area contributed by atoms with Crippen LogP contribution in [0.4, 0.5) is 0 Å². The molecule has 1 rings (SSSR count). The van der Waals surface area contributed by atoms with Gasteiger partial charge in [0.2, 0.25) is 10.5 Å². The van der Waals surface area contributed by atoms with Crippen molar-refractivity contribution in [3.8, 4) is 0 Å². The van der Waals surface area contributed by atoms with Crippen molar-refractivity contribution in [3.05, 3.63) is 0 Å². The first-order chi connectivity index (χ1) is 4.33. The topological polar surface area (TPSA) is 35.5 Å². The molecule has 0 aromatic rings. The van der Waals surface area contributed by atoms with Crippen LogP contribution in [-0.4, -0.2) is 29.2 Å². The van der Waals surface area contributed by atoms with Gasteiger partial charge in [-0.1, -0.05) is 0 Å². The van der Waals surface area contributed by atoms with E-state index in [4.69, 9.17) is 4.43 Å². The lowest BCUT2D eigenvalue weighted by atomic mass is 10.2. The van der Waals surface area contributed by atoms with E-state index in [-0.39, 0.29) is 12.1 Å². The van der Waals surface area contributed by atoms with E-state index in [1.54, 1.807) is 0 Å². The van der Waals surface area contributed by atoms with Gasteiger partial charge in [-0.25, -0.2) is 0 Å². The first-order valence-corrected chi connectivity index (χ1v) is 3.22. The van der Waals surface area contributed by atoms with Crippen molar-refractivity contribution in [2.45, 2.75) is 18.9 Å². The van der Waals surface area contributed by atoms with Gasteiger partial charge in [0, 0.05) is 6.42 Å². The fourth-order valence-electron chi connectivity index (χ4n) is 0.752. The van der Waals surface area contributed by atoms with Crippen LogP contribution in [0.1, 0.15) is 12.8 Å². The van der Waals surface area contributed by atoms with Gasteiger partial charge in [0.1, 0.15) is 0 Å². The minimum absolute atomic E-state index is 0.00270. The van der Waals surface area contributed by atoms with Gasteiger partial charge in [-0.15, -0.1) is 0 Å². The zero-order valence-corrected chi connectivity index (χ0v) is 5.92. The third-order valence-corrected chi connectivity index (χ3v) is 1.60. The van der Waals surface area contributed by atoms with E-state index in [1.807, 2.05) is 0 Å². The first-order valence-electron chi connectivity index (χ1n) is 2.81. The van der Waals surface area contributed by atoms with Crippen LogP contribution in [-0.2, 0) is 14.0 Å². The molecule has 0 amide bonds. The van der Waals surface area contributed by atoms with Crippen molar-refractivity contribution >= 4 is 16.5 Å². The van der Waals surface area contributed by atoms with Crippen molar-refractivity contribution in [3.63, 3.8) is 0 Å². The zero-order valence-electron chi connectivity index (χ0n) is 4.92. The predicted octanol–water partition coefficient (Wildman–Crippen LogP) is -0.208. The standard InChI is InChI=1S/C5H7O3Si/c6-5-3-4(8-9)1-2-7-5/h4H,1-3H2/t4-/m0/s1. The molecule has 0 saturated carbocycles. The molecule has 0 N–H and O–H groups in total. The molecule has 4 heteroatoms. The van der Waals surface area contributed by atoms with Gasteiger partial charge >= 0.3 is 5.97 Å².